The van der Waals surface area contributed by atoms with E-state index in [4.69, 9.17) is 0 Å². The predicted molar refractivity (Wildman–Crippen MR) is 67.4 cm³/mol. The molecule has 0 fully saturated rings. The summed E-state index contributed by atoms with van der Waals surface area (Å²) in [6.07, 6.45) is -4.83. The summed E-state index contributed by atoms with van der Waals surface area (Å²) in [5, 5.41) is 0. The lowest BCUT2D eigenvalue weighted by Gasteiger charge is -2.11. The fourth-order valence-corrected chi connectivity index (χ4v) is 2.50. The summed E-state index contributed by atoms with van der Waals surface area (Å²) < 4.78 is 64.3. The highest BCUT2D eigenvalue weighted by Gasteiger charge is 2.35. The summed E-state index contributed by atoms with van der Waals surface area (Å²) in [7, 11) is 0. The zero-order valence-electron chi connectivity index (χ0n) is 10.0. The van der Waals surface area contributed by atoms with Gasteiger partial charge in [-0.05, 0) is 11.6 Å². The van der Waals surface area contributed by atoms with Crippen molar-refractivity contribution >= 4 is 11.8 Å². The molecule has 0 unspecified atom stereocenters. The average Bonchev–Trinajstić information content (AvgIpc) is 2.37. The van der Waals surface area contributed by atoms with Crippen molar-refractivity contribution in [1.29, 1.82) is 0 Å². The van der Waals surface area contributed by atoms with Gasteiger partial charge in [0, 0.05) is 16.7 Å². The molecule has 2 aromatic carbocycles. The van der Waals surface area contributed by atoms with E-state index in [-0.39, 0.29) is 11.0 Å². The normalized spacial score (nSPS) is 11.7. The van der Waals surface area contributed by atoms with Crippen LogP contribution in [-0.2, 0) is 11.9 Å². The van der Waals surface area contributed by atoms with Crippen molar-refractivity contribution in [3.8, 4) is 0 Å². The van der Waals surface area contributed by atoms with Gasteiger partial charge in [0.25, 0.3) is 0 Å². The molecule has 0 aromatic heterocycles. The molecule has 0 amide bonds. The third-order valence-electron chi connectivity index (χ3n) is 2.56. The number of alkyl halides is 3. The molecule has 2 aromatic rings. The number of benzene rings is 2. The molecule has 0 aliphatic heterocycles. The van der Waals surface area contributed by atoms with Crippen LogP contribution in [0.4, 0.5) is 22.0 Å². The van der Waals surface area contributed by atoms with Crippen molar-refractivity contribution in [2.24, 2.45) is 0 Å². The molecule has 0 atom stereocenters. The van der Waals surface area contributed by atoms with Crippen LogP contribution in [0.1, 0.15) is 11.1 Å². The Morgan fingerprint density at radius 3 is 2.15 bits per heavy atom. The summed E-state index contributed by atoms with van der Waals surface area (Å²) in [5.41, 5.74) is -0.607. The van der Waals surface area contributed by atoms with E-state index in [1.807, 2.05) is 0 Å². The molecule has 0 heterocycles. The lowest BCUT2D eigenvalue weighted by Crippen LogP contribution is -2.09. The maximum Gasteiger partial charge on any atom is 0.419 e. The minimum absolute atomic E-state index is 0.220. The summed E-state index contributed by atoms with van der Waals surface area (Å²) in [5.74, 6) is -2.28. The van der Waals surface area contributed by atoms with Gasteiger partial charge in [0.2, 0.25) is 0 Å². The zero-order chi connectivity index (χ0) is 14.8. The zero-order valence-corrected chi connectivity index (χ0v) is 10.9. The highest BCUT2D eigenvalue weighted by molar-refractivity contribution is 7.98. The SMILES string of the molecule is Fc1cc(F)c(C(F)(F)F)cc1SCc1ccccc1. The molecular formula is C14H9F5S. The van der Waals surface area contributed by atoms with Crippen LogP contribution in [0, 0.1) is 11.6 Å². The molecule has 20 heavy (non-hydrogen) atoms. The lowest BCUT2D eigenvalue weighted by atomic mass is 10.2. The Labute approximate surface area is 116 Å². The lowest BCUT2D eigenvalue weighted by molar-refractivity contribution is -0.140. The van der Waals surface area contributed by atoms with Crippen LogP contribution in [0.25, 0.3) is 0 Å². The molecule has 106 valence electrons. The van der Waals surface area contributed by atoms with E-state index in [1.54, 1.807) is 30.3 Å². The van der Waals surface area contributed by atoms with E-state index in [0.29, 0.717) is 11.8 Å². The van der Waals surface area contributed by atoms with Gasteiger partial charge in [0.15, 0.2) is 0 Å². The van der Waals surface area contributed by atoms with E-state index in [0.717, 1.165) is 17.3 Å². The van der Waals surface area contributed by atoms with Gasteiger partial charge in [-0.1, -0.05) is 30.3 Å². The van der Waals surface area contributed by atoms with Gasteiger partial charge >= 0.3 is 6.18 Å². The van der Waals surface area contributed by atoms with E-state index < -0.39 is 23.4 Å². The van der Waals surface area contributed by atoms with E-state index in [9.17, 15) is 22.0 Å². The molecule has 0 nitrogen and oxygen atoms in total. The van der Waals surface area contributed by atoms with Gasteiger partial charge in [0.1, 0.15) is 11.6 Å². The van der Waals surface area contributed by atoms with Crippen molar-refractivity contribution in [3.05, 3.63) is 65.2 Å². The molecule has 0 bridgehead atoms. The molecule has 2 rings (SSSR count). The maximum absolute atomic E-state index is 13.5. The van der Waals surface area contributed by atoms with Gasteiger partial charge in [-0.3, -0.25) is 0 Å². The highest BCUT2D eigenvalue weighted by Crippen LogP contribution is 2.36. The Kier molecular flexibility index (Phi) is 4.32. The fourth-order valence-electron chi connectivity index (χ4n) is 1.59. The Morgan fingerprint density at radius 2 is 1.55 bits per heavy atom. The smallest absolute Gasteiger partial charge is 0.206 e. The molecule has 0 spiro atoms. The van der Waals surface area contributed by atoms with Gasteiger partial charge in [0.05, 0.1) is 5.56 Å². The quantitative estimate of drug-likeness (QED) is 0.549. The summed E-state index contributed by atoms with van der Waals surface area (Å²) in [6.45, 7) is 0. The Bertz CT molecular complexity index is 593. The summed E-state index contributed by atoms with van der Waals surface area (Å²) in [6, 6.07) is 9.69. The van der Waals surface area contributed by atoms with Gasteiger partial charge in [-0.25, -0.2) is 8.78 Å². The first-order chi connectivity index (χ1) is 9.38. The third-order valence-corrected chi connectivity index (χ3v) is 3.67. The summed E-state index contributed by atoms with van der Waals surface area (Å²) in [4.78, 5) is -0.220. The minimum atomic E-state index is -4.83. The second-order valence-corrected chi connectivity index (χ2v) is 5.05. The largest absolute Gasteiger partial charge is 0.419 e. The van der Waals surface area contributed by atoms with Crippen molar-refractivity contribution in [2.75, 3.05) is 0 Å². The van der Waals surface area contributed by atoms with Crippen LogP contribution in [0.5, 0.6) is 0 Å². The maximum atomic E-state index is 13.5. The summed E-state index contributed by atoms with van der Waals surface area (Å²) >= 11 is 0.897. The number of thioether (sulfide) groups is 1. The monoisotopic (exact) mass is 304 g/mol. The standard InChI is InChI=1S/C14H9F5S/c15-11-7-12(16)13(6-10(11)14(17,18)19)20-8-9-4-2-1-3-5-9/h1-7H,8H2. The van der Waals surface area contributed by atoms with E-state index in [1.165, 1.54) is 0 Å². The first kappa shape index (κ1) is 14.8. The minimum Gasteiger partial charge on any atom is -0.206 e. The highest BCUT2D eigenvalue weighted by atomic mass is 32.2. The first-order valence-corrected chi connectivity index (χ1v) is 6.59. The molecule has 0 radical (unpaired) electrons. The van der Waals surface area contributed by atoms with Crippen LogP contribution < -0.4 is 0 Å². The van der Waals surface area contributed by atoms with Crippen molar-refractivity contribution in [1.82, 2.24) is 0 Å². The molecular weight excluding hydrogens is 295 g/mol. The van der Waals surface area contributed by atoms with Crippen LogP contribution >= 0.6 is 11.8 Å². The third kappa shape index (κ3) is 3.50. The number of hydrogen-bond acceptors (Lipinski definition) is 1. The van der Waals surface area contributed by atoms with Crippen LogP contribution in [0.15, 0.2) is 47.4 Å². The van der Waals surface area contributed by atoms with Crippen molar-refractivity contribution < 1.29 is 22.0 Å². The number of hydrogen-bond donors (Lipinski definition) is 0. The van der Waals surface area contributed by atoms with Crippen LogP contribution in [0.2, 0.25) is 0 Å². The topological polar surface area (TPSA) is 0 Å². The first-order valence-electron chi connectivity index (χ1n) is 5.61. The second kappa shape index (κ2) is 5.83. The van der Waals surface area contributed by atoms with E-state index in [2.05, 4.69) is 0 Å². The van der Waals surface area contributed by atoms with E-state index >= 15 is 0 Å². The molecule has 6 heteroatoms. The van der Waals surface area contributed by atoms with Crippen LogP contribution in [-0.4, -0.2) is 0 Å². The Morgan fingerprint density at radius 1 is 0.900 bits per heavy atom. The molecule has 0 aliphatic carbocycles. The van der Waals surface area contributed by atoms with Gasteiger partial charge in [-0.2, -0.15) is 13.2 Å². The van der Waals surface area contributed by atoms with Crippen molar-refractivity contribution in [3.63, 3.8) is 0 Å². The van der Waals surface area contributed by atoms with Gasteiger partial charge < -0.3 is 0 Å². The molecule has 0 saturated heterocycles. The molecule has 0 N–H and O–H groups in total. The van der Waals surface area contributed by atoms with Crippen LogP contribution in [0.3, 0.4) is 0 Å². The average molecular weight is 304 g/mol. The number of rotatable bonds is 3. The molecule has 0 saturated carbocycles. The van der Waals surface area contributed by atoms with Crippen molar-refractivity contribution in [2.45, 2.75) is 16.8 Å². The predicted octanol–water partition coefficient (Wildman–Crippen LogP) is 5.28. The fraction of sp³-hybridized carbons (Fsp3) is 0.143. The molecule has 0 aliphatic rings. The number of halogens is 5. The Balaban J connectivity index is 2.24. The Hall–Kier alpha value is -1.56. The second-order valence-electron chi connectivity index (χ2n) is 4.03. The van der Waals surface area contributed by atoms with Gasteiger partial charge in [-0.15, -0.1) is 11.8 Å².